The first-order chi connectivity index (χ1) is 10.5. The molecule has 116 valence electrons. The Hall–Kier alpha value is -2.56. The minimum Gasteiger partial charge on any atom is -0.494 e. The lowest BCUT2D eigenvalue weighted by molar-refractivity contribution is -0.122. The standard InChI is InChI=1S/C17H18FNO3/c1-11-5-4-6-14(9-11)22-12(2)17(20)19-15-8-7-13(18)10-16(15)21-3/h4-10,12H,1-3H3,(H,19,20). The van der Waals surface area contributed by atoms with Crippen LogP contribution in [0.4, 0.5) is 10.1 Å². The molecule has 0 radical (unpaired) electrons. The van der Waals surface area contributed by atoms with E-state index in [-0.39, 0.29) is 11.7 Å². The lowest BCUT2D eigenvalue weighted by Gasteiger charge is -2.16. The van der Waals surface area contributed by atoms with Crippen molar-refractivity contribution >= 4 is 11.6 Å². The normalized spacial score (nSPS) is 11.6. The molecule has 0 fully saturated rings. The van der Waals surface area contributed by atoms with Crippen molar-refractivity contribution in [2.24, 2.45) is 0 Å². The van der Waals surface area contributed by atoms with Gasteiger partial charge in [-0.1, -0.05) is 12.1 Å². The molecule has 0 bridgehead atoms. The van der Waals surface area contributed by atoms with E-state index in [2.05, 4.69) is 5.32 Å². The van der Waals surface area contributed by atoms with Gasteiger partial charge in [0.1, 0.15) is 17.3 Å². The van der Waals surface area contributed by atoms with E-state index in [1.54, 1.807) is 13.0 Å². The van der Waals surface area contributed by atoms with Crippen LogP contribution in [-0.4, -0.2) is 19.1 Å². The van der Waals surface area contributed by atoms with Crippen molar-refractivity contribution in [3.63, 3.8) is 0 Å². The number of benzene rings is 2. The first-order valence-electron chi connectivity index (χ1n) is 6.87. The van der Waals surface area contributed by atoms with Gasteiger partial charge < -0.3 is 14.8 Å². The van der Waals surface area contributed by atoms with Gasteiger partial charge in [0.15, 0.2) is 6.10 Å². The average molecular weight is 303 g/mol. The number of anilines is 1. The molecule has 2 rings (SSSR count). The largest absolute Gasteiger partial charge is 0.494 e. The highest BCUT2D eigenvalue weighted by atomic mass is 19.1. The van der Waals surface area contributed by atoms with Crippen LogP contribution in [0, 0.1) is 12.7 Å². The zero-order chi connectivity index (χ0) is 16.1. The molecule has 0 spiro atoms. The zero-order valence-corrected chi connectivity index (χ0v) is 12.7. The summed E-state index contributed by atoms with van der Waals surface area (Å²) in [7, 11) is 1.41. The summed E-state index contributed by atoms with van der Waals surface area (Å²) in [5.41, 5.74) is 1.44. The summed E-state index contributed by atoms with van der Waals surface area (Å²) in [5, 5.41) is 2.67. The number of hydrogen-bond donors (Lipinski definition) is 1. The number of ether oxygens (including phenoxy) is 2. The highest BCUT2D eigenvalue weighted by Gasteiger charge is 2.17. The molecule has 1 atom stereocenters. The molecule has 2 aromatic rings. The van der Waals surface area contributed by atoms with E-state index in [1.807, 2.05) is 25.1 Å². The van der Waals surface area contributed by atoms with Crippen LogP contribution in [0.2, 0.25) is 0 Å². The van der Waals surface area contributed by atoms with Gasteiger partial charge in [-0.25, -0.2) is 4.39 Å². The topological polar surface area (TPSA) is 47.6 Å². The lowest BCUT2D eigenvalue weighted by Crippen LogP contribution is -2.30. The van der Waals surface area contributed by atoms with Crippen LogP contribution in [0.5, 0.6) is 11.5 Å². The van der Waals surface area contributed by atoms with E-state index in [4.69, 9.17) is 9.47 Å². The monoisotopic (exact) mass is 303 g/mol. The zero-order valence-electron chi connectivity index (χ0n) is 12.7. The number of rotatable bonds is 5. The van der Waals surface area contributed by atoms with E-state index in [1.165, 1.54) is 25.3 Å². The van der Waals surface area contributed by atoms with Crippen molar-refractivity contribution in [3.05, 3.63) is 53.8 Å². The molecule has 1 unspecified atom stereocenters. The molecule has 1 amide bonds. The third-order valence-corrected chi connectivity index (χ3v) is 3.09. The van der Waals surface area contributed by atoms with E-state index in [0.29, 0.717) is 11.4 Å². The van der Waals surface area contributed by atoms with Crippen LogP contribution >= 0.6 is 0 Å². The Kier molecular flexibility index (Phi) is 4.99. The number of methoxy groups -OCH3 is 1. The van der Waals surface area contributed by atoms with Crippen LogP contribution in [-0.2, 0) is 4.79 Å². The van der Waals surface area contributed by atoms with Crippen molar-refractivity contribution in [1.82, 2.24) is 0 Å². The van der Waals surface area contributed by atoms with Gasteiger partial charge in [0.25, 0.3) is 5.91 Å². The van der Waals surface area contributed by atoms with Gasteiger partial charge in [0.2, 0.25) is 0 Å². The molecular weight excluding hydrogens is 285 g/mol. The second-order valence-corrected chi connectivity index (χ2v) is 4.91. The summed E-state index contributed by atoms with van der Waals surface area (Å²) < 4.78 is 23.8. The maximum Gasteiger partial charge on any atom is 0.265 e. The second kappa shape index (κ2) is 6.93. The molecule has 0 aliphatic heterocycles. The van der Waals surface area contributed by atoms with Crippen LogP contribution in [0.15, 0.2) is 42.5 Å². The average Bonchev–Trinajstić information content (AvgIpc) is 2.48. The molecule has 22 heavy (non-hydrogen) atoms. The molecule has 0 aliphatic carbocycles. The smallest absolute Gasteiger partial charge is 0.265 e. The Morgan fingerprint density at radius 3 is 2.68 bits per heavy atom. The van der Waals surface area contributed by atoms with Crippen LogP contribution in [0.1, 0.15) is 12.5 Å². The highest BCUT2D eigenvalue weighted by molar-refractivity contribution is 5.95. The van der Waals surface area contributed by atoms with Gasteiger partial charge in [-0.05, 0) is 43.7 Å². The molecular formula is C17H18FNO3. The molecule has 2 aromatic carbocycles. The molecule has 1 N–H and O–H groups in total. The number of carbonyl (C=O) groups excluding carboxylic acids is 1. The van der Waals surface area contributed by atoms with Gasteiger partial charge in [0.05, 0.1) is 12.8 Å². The summed E-state index contributed by atoms with van der Waals surface area (Å²) in [6, 6.07) is 11.4. The fourth-order valence-electron chi connectivity index (χ4n) is 1.95. The quantitative estimate of drug-likeness (QED) is 0.919. The fourth-order valence-corrected chi connectivity index (χ4v) is 1.95. The van der Waals surface area contributed by atoms with Gasteiger partial charge in [-0.15, -0.1) is 0 Å². The third kappa shape index (κ3) is 3.97. The highest BCUT2D eigenvalue weighted by Crippen LogP contribution is 2.25. The van der Waals surface area contributed by atoms with E-state index in [0.717, 1.165) is 5.56 Å². The predicted octanol–water partition coefficient (Wildman–Crippen LogP) is 3.55. The van der Waals surface area contributed by atoms with Crippen LogP contribution in [0.3, 0.4) is 0 Å². The first kappa shape index (κ1) is 15.8. The van der Waals surface area contributed by atoms with Crippen LogP contribution in [0.25, 0.3) is 0 Å². The maximum atomic E-state index is 13.1. The summed E-state index contributed by atoms with van der Waals surface area (Å²) in [4.78, 5) is 12.2. The third-order valence-electron chi connectivity index (χ3n) is 3.09. The van der Waals surface area contributed by atoms with Crippen molar-refractivity contribution in [2.75, 3.05) is 12.4 Å². The fraction of sp³-hybridized carbons (Fsp3) is 0.235. The van der Waals surface area contributed by atoms with E-state index >= 15 is 0 Å². The number of halogens is 1. The number of nitrogens with one attached hydrogen (secondary N) is 1. The Morgan fingerprint density at radius 2 is 2.00 bits per heavy atom. The van der Waals surface area contributed by atoms with Crippen LogP contribution < -0.4 is 14.8 Å². The molecule has 4 nitrogen and oxygen atoms in total. The van der Waals surface area contributed by atoms with E-state index in [9.17, 15) is 9.18 Å². The van der Waals surface area contributed by atoms with Crippen molar-refractivity contribution < 1.29 is 18.7 Å². The van der Waals surface area contributed by atoms with Gasteiger partial charge in [-0.3, -0.25) is 4.79 Å². The van der Waals surface area contributed by atoms with Crippen molar-refractivity contribution in [1.29, 1.82) is 0 Å². The Morgan fingerprint density at radius 1 is 1.23 bits per heavy atom. The molecule has 0 saturated carbocycles. The number of hydrogen-bond acceptors (Lipinski definition) is 3. The molecule has 0 aliphatic rings. The Labute approximate surface area is 128 Å². The first-order valence-corrected chi connectivity index (χ1v) is 6.87. The molecule has 5 heteroatoms. The lowest BCUT2D eigenvalue weighted by atomic mass is 10.2. The number of carbonyl (C=O) groups is 1. The minimum absolute atomic E-state index is 0.260. The predicted molar refractivity (Wildman–Crippen MR) is 82.9 cm³/mol. The van der Waals surface area contributed by atoms with E-state index < -0.39 is 11.9 Å². The molecule has 0 heterocycles. The van der Waals surface area contributed by atoms with Gasteiger partial charge in [0, 0.05) is 6.07 Å². The minimum atomic E-state index is -0.698. The van der Waals surface area contributed by atoms with Gasteiger partial charge >= 0.3 is 0 Å². The molecule has 0 aromatic heterocycles. The Balaban J connectivity index is 2.05. The summed E-state index contributed by atoms with van der Waals surface area (Å²) >= 11 is 0. The van der Waals surface area contributed by atoms with Crippen molar-refractivity contribution in [2.45, 2.75) is 20.0 Å². The van der Waals surface area contributed by atoms with Crippen molar-refractivity contribution in [3.8, 4) is 11.5 Å². The summed E-state index contributed by atoms with van der Waals surface area (Å²) in [6.45, 7) is 3.59. The maximum absolute atomic E-state index is 13.1. The Bertz CT molecular complexity index is 673. The number of aryl methyl sites for hydroxylation is 1. The summed E-state index contributed by atoms with van der Waals surface area (Å²) in [6.07, 6.45) is -0.698. The summed E-state index contributed by atoms with van der Waals surface area (Å²) in [5.74, 6) is 0.107. The second-order valence-electron chi connectivity index (χ2n) is 4.91. The van der Waals surface area contributed by atoms with Gasteiger partial charge in [-0.2, -0.15) is 0 Å². The number of amides is 1. The SMILES string of the molecule is COc1cc(F)ccc1NC(=O)C(C)Oc1cccc(C)c1. The molecule has 0 saturated heterocycles.